The fourth-order valence-corrected chi connectivity index (χ4v) is 8.58. The maximum absolute atomic E-state index is 14.1. The third-order valence-corrected chi connectivity index (χ3v) is 11.6. The normalized spacial score (nSPS) is 24.8. The number of hydrogen-bond acceptors (Lipinski definition) is 7. The van der Waals surface area contributed by atoms with Gasteiger partial charge in [0.25, 0.3) is 0 Å². The number of benzene rings is 3. The first-order valence-electron chi connectivity index (χ1n) is 18.4. The fourth-order valence-electron chi connectivity index (χ4n) is 8.58. The van der Waals surface area contributed by atoms with E-state index in [2.05, 4.69) is 62.7 Å². The molecule has 3 aromatic rings. The average molecular weight is 696 g/mol. The van der Waals surface area contributed by atoms with Gasteiger partial charge < -0.3 is 34.7 Å². The second-order valence-electron chi connectivity index (χ2n) is 15.8. The smallest absolute Gasteiger partial charge is 0.481 e. The highest BCUT2D eigenvalue weighted by Gasteiger charge is 2.68. The highest BCUT2D eigenvalue weighted by atomic mass is 16.7. The minimum Gasteiger partial charge on any atom is -0.493 e. The van der Waals surface area contributed by atoms with E-state index in [9.17, 15) is 9.59 Å². The Balaban J connectivity index is 1.17. The summed E-state index contributed by atoms with van der Waals surface area (Å²) in [5, 5.41) is 9.66. The lowest BCUT2D eigenvalue weighted by Crippen LogP contribution is -2.65. The zero-order valence-electron chi connectivity index (χ0n) is 31.3. The highest BCUT2D eigenvalue weighted by molar-refractivity contribution is 6.48. The number of methoxy groups -OCH3 is 2. The van der Waals surface area contributed by atoms with E-state index in [4.69, 9.17) is 18.8 Å². The van der Waals surface area contributed by atoms with Crippen LogP contribution in [0.5, 0.6) is 11.5 Å². The zero-order chi connectivity index (χ0) is 36.5. The van der Waals surface area contributed by atoms with Crippen molar-refractivity contribution in [2.75, 3.05) is 19.5 Å². The van der Waals surface area contributed by atoms with Gasteiger partial charge in [-0.25, -0.2) is 0 Å². The van der Waals surface area contributed by atoms with Crippen LogP contribution in [0, 0.1) is 23.2 Å². The Labute approximate surface area is 303 Å². The van der Waals surface area contributed by atoms with Gasteiger partial charge in [-0.3, -0.25) is 9.59 Å². The second kappa shape index (κ2) is 14.9. The molecule has 0 aromatic heterocycles. The van der Waals surface area contributed by atoms with Crippen LogP contribution in [0.25, 0.3) is 11.1 Å². The fraction of sp³-hybridized carbons (Fsp3) is 0.512. The summed E-state index contributed by atoms with van der Waals surface area (Å²) in [6.07, 6.45) is 3.20. The molecule has 3 saturated carbocycles. The van der Waals surface area contributed by atoms with Gasteiger partial charge in [0.15, 0.2) is 11.5 Å². The highest BCUT2D eigenvalue weighted by Crippen LogP contribution is 2.65. The van der Waals surface area contributed by atoms with Gasteiger partial charge in [-0.15, -0.1) is 0 Å². The number of amides is 2. The summed E-state index contributed by atoms with van der Waals surface area (Å²) in [5.74, 6) is 1.63. The minimum atomic E-state index is -0.802. The van der Waals surface area contributed by atoms with Gasteiger partial charge in [0, 0.05) is 12.1 Å². The molecule has 0 unspecified atom stereocenters. The SMILES string of the molecule is COc1ccc(C[C@H](Nc2cccc(-c3ccccc3)c2)C(=O)N[C@@H](C)C(=O)N[C@@H](CC(C)C)B2O[C@@H]3C[C@@H]4C[C@@H](C4(C)C)[C@]3(C)O2)cc1OC. The quantitative estimate of drug-likeness (QED) is 0.161. The number of rotatable bonds is 14. The molecule has 2 amide bonds. The molecule has 3 N–H and O–H groups in total. The third kappa shape index (κ3) is 7.63. The zero-order valence-corrected chi connectivity index (χ0v) is 31.3. The van der Waals surface area contributed by atoms with E-state index in [1.54, 1.807) is 21.1 Å². The number of anilines is 1. The summed E-state index contributed by atoms with van der Waals surface area (Å²) in [7, 11) is 2.64. The van der Waals surface area contributed by atoms with E-state index in [-0.39, 0.29) is 34.9 Å². The van der Waals surface area contributed by atoms with Gasteiger partial charge in [-0.1, -0.05) is 76.2 Å². The summed E-state index contributed by atoms with van der Waals surface area (Å²) in [6.45, 7) is 12.9. The Morgan fingerprint density at radius 3 is 2.27 bits per heavy atom. The Kier molecular flexibility index (Phi) is 10.8. The first kappa shape index (κ1) is 36.8. The lowest BCUT2D eigenvalue weighted by molar-refractivity contribution is -0.199. The first-order chi connectivity index (χ1) is 24.3. The summed E-state index contributed by atoms with van der Waals surface area (Å²) >= 11 is 0. The van der Waals surface area contributed by atoms with Crippen molar-refractivity contribution in [2.24, 2.45) is 23.2 Å². The second-order valence-corrected chi connectivity index (χ2v) is 15.8. The van der Waals surface area contributed by atoms with Crippen LogP contribution in [0.15, 0.2) is 72.8 Å². The number of carbonyl (C=O) groups excluding carboxylic acids is 2. The van der Waals surface area contributed by atoms with Crippen LogP contribution in [0.3, 0.4) is 0 Å². The molecule has 1 saturated heterocycles. The summed E-state index contributed by atoms with van der Waals surface area (Å²) in [4.78, 5) is 27.9. The van der Waals surface area contributed by atoms with Gasteiger partial charge in [0.05, 0.1) is 31.9 Å². The Morgan fingerprint density at radius 2 is 1.59 bits per heavy atom. The molecule has 3 aromatic carbocycles. The molecule has 4 aliphatic rings. The minimum absolute atomic E-state index is 0.0202. The summed E-state index contributed by atoms with van der Waals surface area (Å²) < 4.78 is 24.3. The van der Waals surface area contributed by atoms with Crippen LogP contribution in [0.2, 0.25) is 0 Å². The van der Waals surface area contributed by atoms with Gasteiger partial charge in [0.1, 0.15) is 12.1 Å². The maximum atomic E-state index is 14.1. The van der Waals surface area contributed by atoms with Crippen molar-refractivity contribution in [3.63, 3.8) is 0 Å². The molecule has 0 radical (unpaired) electrons. The van der Waals surface area contributed by atoms with E-state index in [1.165, 1.54) is 0 Å². The van der Waals surface area contributed by atoms with Crippen molar-refractivity contribution in [1.82, 2.24) is 10.6 Å². The lowest BCUT2D eigenvalue weighted by atomic mass is 9.43. The molecule has 7 atom stereocenters. The van der Waals surface area contributed by atoms with Gasteiger partial charge in [0.2, 0.25) is 11.8 Å². The molecule has 272 valence electrons. The van der Waals surface area contributed by atoms with Crippen LogP contribution in [0.1, 0.15) is 66.4 Å². The van der Waals surface area contributed by atoms with Crippen molar-refractivity contribution in [3.05, 3.63) is 78.4 Å². The summed E-state index contributed by atoms with van der Waals surface area (Å²) in [6, 6.07) is 22.2. The van der Waals surface area contributed by atoms with E-state index in [0.29, 0.717) is 42.1 Å². The molecule has 9 nitrogen and oxygen atoms in total. The molecule has 51 heavy (non-hydrogen) atoms. The standard InChI is InChI=1S/C41H54BN3O6/c1-25(2)19-37(42-50-36-24-30-23-35(40(30,4)5)41(36,6)51-42)45-38(46)26(3)43-39(47)32(20-27-17-18-33(48-7)34(21-27)49-8)44-31-16-12-15-29(22-31)28-13-10-9-11-14-28/h9-18,21-22,25-26,30,32,35-37,44H,19-20,23-24H2,1-8H3,(H,43,47)(H,45,46)/t26-,30-,32-,35-,36+,37-,41-/m0/s1. The Bertz CT molecular complexity index is 1700. The Morgan fingerprint density at radius 1 is 0.863 bits per heavy atom. The Hall–Kier alpha value is -4.02. The van der Waals surface area contributed by atoms with E-state index < -0.39 is 19.2 Å². The molecule has 2 bridgehead atoms. The van der Waals surface area contributed by atoms with Crippen LogP contribution >= 0.6 is 0 Å². The van der Waals surface area contributed by atoms with Crippen molar-refractivity contribution < 1.29 is 28.4 Å². The molecule has 7 rings (SSSR count). The van der Waals surface area contributed by atoms with E-state index in [0.717, 1.165) is 35.2 Å². The van der Waals surface area contributed by atoms with Crippen LogP contribution in [-0.4, -0.2) is 62.9 Å². The van der Waals surface area contributed by atoms with E-state index in [1.807, 2.05) is 60.7 Å². The predicted molar refractivity (Wildman–Crippen MR) is 202 cm³/mol. The molecule has 1 heterocycles. The van der Waals surface area contributed by atoms with Crippen LogP contribution in [-0.2, 0) is 25.3 Å². The van der Waals surface area contributed by atoms with Crippen molar-refractivity contribution in [1.29, 1.82) is 0 Å². The molecule has 10 heteroatoms. The molecule has 1 aliphatic heterocycles. The van der Waals surface area contributed by atoms with Crippen molar-refractivity contribution >= 4 is 24.6 Å². The van der Waals surface area contributed by atoms with Crippen molar-refractivity contribution in [2.45, 2.75) is 97.0 Å². The van der Waals surface area contributed by atoms with Crippen molar-refractivity contribution in [3.8, 4) is 22.6 Å². The van der Waals surface area contributed by atoms with Gasteiger partial charge >= 0.3 is 7.12 Å². The monoisotopic (exact) mass is 695 g/mol. The predicted octanol–water partition coefficient (Wildman–Crippen LogP) is 6.70. The maximum Gasteiger partial charge on any atom is 0.481 e. The average Bonchev–Trinajstić information content (AvgIpc) is 3.48. The topological polar surface area (TPSA) is 107 Å². The number of ether oxygens (including phenoxy) is 2. The molecular weight excluding hydrogens is 641 g/mol. The molecule has 4 fully saturated rings. The molecule has 3 aliphatic carbocycles. The number of hydrogen-bond donors (Lipinski definition) is 3. The summed E-state index contributed by atoms with van der Waals surface area (Å²) in [5.41, 5.74) is 3.62. The first-order valence-corrected chi connectivity index (χ1v) is 18.4. The number of nitrogens with one attached hydrogen (secondary N) is 3. The largest absolute Gasteiger partial charge is 0.493 e. The lowest BCUT2D eigenvalue weighted by Gasteiger charge is -2.64. The molecular formula is C41H54BN3O6. The third-order valence-electron chi connectivity index (χ3n) is 11.6. The molecule has 0 spiro atoms. The number of carbonyl (C=O) groups is 2. The van der Waals surface area contributed by atoms with Crippen LogP contribution < -0.4 is 25.4 Å². The van der Waals surface area contributed by atoms with Gasteiger partial charge in [-0.2, -0.15) is 0 Å². The van der Waals surface area contributed by atoms with E-state index >= 15 is 0 Å². The van der Waals surface area contributed by atoms with Gasteiger partial charge in [-0.05, 0) is 97.2 Å². The van der Waals surface area contributed by atoms with Crippen LogP contribution in [0.4, 0.5) is 5.69 Å².